The third-order valence-electron chi connectivity index (χ3n) is 1.23. The number of morpholine rings is 1. The highest BCUT2D eigenvalue weighted by Crippen LogP contribution is 1.89. The van der Waals surface area contributed by atoms with Crippen LogP contribution in [0.1, 0.15) is 0 Å². The molecule has 0 aromatic heterocycles. The Balaban J connectivity index is 0. The maximum Gasteiger partial charge on any atom is 0.394 e. The first-order valence-corrected chi connectivity index (χ1v) is 6.85. The van der Waals surface area contributed by atoms with E-state index in [0.717, 1.165) is 26.3 Å². The van der Waals surface area contributed by atoms with E-state index in [1.165, 1.54) is 0 Å². The minimum absolute atomic E-state index is 0.913. The Bertz CT molecular complexity index is 322. The molecule has 12 heteroatoms. The molecule has 17 heavy (non-hydrogen) atoms. The molecular weight excluding hydrogens is 282 g/mol. The van der Waals surface area contributed by atoms with E-state index in [0.29, 0.717) is 0 Å². The lowest BCUT2D eigenvalue weighted by Gasteiger charge is -2.21. The average molecular weight is 297 g/mol. The summed E-state index contributed by atoms with van der Waals surface area (Å²) in [6.07, 6.45) is 0. The molecule has 0 unspecified atom stereocenters. The van der Waals surface area contributed by atoms with Gasteiger partial charge in [0.25, 0.3) is 0 Å². The van der Waals surface area contributed by atoms with E-state index in [2.05, 4.69) is 11.9 Å². The topological polar surface area (TPSA) is 162 Å². The zero-order chi connectivity index (χ0) is 14.1. The third kappa shape index (κ3) is 49.8. The van der Waals surface area contributed by atoms with Crippen LogP contribution in [0.25, 0.3) is 0 Å². The zero-order valence-electron chi connectivity index (χ0n) is 8.92. The summed E-state index contributed by atoms with van der Waals surface area (Å²) in [4.78, 5) is 2.27. The van der Waals surface area contributed by atoms with Gasteiger partial charge in [-0.05, 0) is 7.05 Å². The van der Waals surface area contributed by atoms with Gasteiger partial charge in [0, 0.05) is 13.1 Å². The second-order valence-electron chi connectivity index (χ2n) is 2.81. The fraction of sp³-hybridized carbons (Fsp3) is 1.00. The standard InChI is InChI=1S/C5H11NO.2H2O4S/c1-6-2-4-7-5-3-6;2*1-5(2,3)4/h2-5H2,1H3;2*(H2,1,2,3,4). The van der Waals surface area contributed by atoms with Crippen molar-refractivity contribution in [3.63, 3.8) is 0 Å². The second kappa shape index (κ2) is 8.71. The normalized spacial score (nSPS) is 17.2. The molecule has 0 atom stereocenters. The molecule has 0 aliphatic carbocycles. The molecule has 10 nitrogen and oxygen atoms in total. The molecule has 1 saturated heterocycles. The van der Waals surface area contributed by atoms with E-state index in [-0.39, 0.29) is 0 Å². The van der Waals surface area contributed by atoms with Gasteiger partial charge in [0.2, 0.25) is 0 Å². The van der Waals surface area contributed by atoms with Crippen molar-refractivity contribution in [1.29, 1.82) is 0 Å². The predicted molar refractivity (Wildman–Crippen MR) is 56.7 cm³/mol. The Kier molecular flexibility index (Phi) is 9.74. The highest BCUT2D eigenvalue weighted by Gasteiger charge is 2.02. The fourth-order valence-electron chi connectivity index (χ4n) is 0.655. The van der Waals surface area contributed by atoms with Crippen LogP contribution in [0, 0.1) is 0 Å². The zero-order valence-corrected chi connectivity index (χ0v) is 10.6. The van der Waals surface area contributed by atoms with Crippen LogP contribution in [0.3, 0.4) is 0 Å². The van der Waals surface area contributed by atoms with Crippen LogP contribution in [0.5, 0.6) is 0 Å². The van der Waals surface area contributed by atoms with Gasteiger partial charge in [0.05, 0.1) is 13.2 Å². The van der Waals surface area contributed by atoms with Gasteiger partial charge in [0.15, 0.2) is 0 Å². The molecule has 0 spiro atoms. The monoisotopic (exact) mass is 297 g/mol. The number of ether oxygens (including phenoxy) is 1. The molecule has 1 aliphatic rings. The van der Waals surface area contributed by atoms with Crippen LogP contribution in [0.4, 0.5) is 0 Å². The van der Waals surface area contributed by atoms with E-state index in [4.69, 9.17) is 39.8 Å². The third-order valence-corrected chi connectivity index (χ3v) is 1.23. The molecule has 1 rings (SSSR count). The van der Waals surface area contributed by atoms with Gasteiger partial charge in [-0.1, -0.05) is 0 Å². The summed E-state index contributed by atoms with van der Waals surface area (Å²) in [7, 11) is -7.22. The summed E-state index contributed by atoms with van der Waals surface area (Å²) in [5.74, 6) is 0. The first-order valence-electron chi connectivity index (χ1n) is 4.05. The van der Waals surface area contributed by atoms with Crippen molar-refractivity contribution >= 4 is 20.8 Å². The highest BCUT2D eigenvalue weighted by molar-refractivity contribution is 7.80. The lowest BCUT2D eigenvalue weighted by atomic mass is 10.5. The van der Waals surface area contributed by atoms with Crippen LogP contribution in [0.15, 0.2) is 0 Å². The van der Waals surface area contributed by atoms with Crippen LogP contribution in [-0.2, 0) is 25.5 Å². The van der Waals surface area contributed by atoms with Gasteiger partial charge in [-0.2, -0.15) is 16.8 Å². The molecular formula is C5H15NO9S2. The quantitative estimate of drug-likeness (QED) is 0.393. The van der Waals surface area contributed by atoms with Crippen molar-refractivity contribution in [2.45, 2.75) is 0 Å². The summed E-state index contributed by atoms with van der Waals surface area (Å²) in [5.41, 5.74) is 0. The maximum absolute atomic E-state index is 8.74. The van der Waals surface area contributed by atoms with E-state index in [9.17, 15) is 0 Å². The van der Waals surface area contributed by atoms with Gasteiger partial charge in [-0.3, -0.25) is 18.2 Å². The van der Waals surface area contributed by atoms with Crippen molar-refractivity contribution in [1.82, 2.24) is 4.90 Å². The second-order valence-corrected chi connectivity index (χ2v) is 4.60. The van der Waals surface area contributed by atoms with Crippen molar-refractivity contribution in [3.05, 3.63) is 0 Å². The van der Waals surface area contributed by atoms with Crippen molar-refractivity contribution in [2.24, 2.45) is 0 Å². The van der Waals surface area contributed by atoms with Gasteiger partial charge < -0.3 is 9.64 Å². The van der Waals surface area contributed by atoms with Crippen LogP contribution in [0.2, 0.25) is 0 Å². The van der Waals surface area contributed by atoms with Gasteiger partial charge >= 0.3 is 20.8 Å². The van der Waals surface area contributed by atoms with Gasteiger partial charge in [-0.15, -0.1) is 0 Å². The lowest BCUT2D eigenvalue weighted by molar-refractivity contribution is 0.0503. The molecule has 0 bridgehead atoms. The highest BCUT2D eigenvalue weighted by atomic mass is 32.3. The molecule has 1 aliphatic heterocycles. The van der Waals surface area contributed by atoms with Crippen LogP contribution < -0.4 is 0 Å². The van der Waals surface area contributed by atoms with E-state index < -0.39 is 20.8 Å². The predicted octanol–water partition coefficient (Wildman–Crippen LogP) is -1.36. The number of hydrogen-bond donors (Lipinski definition) is 4. The van der Waals surface area contributed by atoms with Gasteiger partial charge in [0.1, 0.15) is 0 Å². The van der Waals surface area contributed by atoms with Gasteiger partial charge in [-0.25, -0.2) is 0 Å². The molecule has 0 amide bonds. The Labute approximate surface area is 99.3 Å². The molecule has 4 N–H and O–H groups in total. The largest absolute Gasteiger partial charge is 0.394 e. The minimum atomic E-state index is -4.67. The maximum atomic E-state index is 8.74. The van der Waals surface area contributed by atoms with Crippen LogP contribution >= 0.6 is 0 Å². The Morgan fingerprint density at radius 1 is 0.882 bits per heavy atom. The van der Waals surface area contributed by atoms with Crippen LogP contribution in [-0.4, -0.2) is 73.3 Å². The molecule has 0 radical (unpaired) electrons. The lowest BCUT2D eigenvalue weighted by Crippen LogP contribution is -2.32. The van der Waals surface area contributed by atoms with Crippen molar-refractivity contribution in [3.8, 4) is 0 Å². The summed E-state index contributed by atoms with van der Waals surface area (Å²) in [5, 5.41) is 0. The number of nitrogens with zero attached hydrogens (tertiary/aromatic N) is 1. The molecule has 106 valence electrons. The Morgan fingerprint density at radius 2 is 1.12 bits per heavy atom. The first kappa shape index (κ1) is 19.0. The molecule has 0 aromatic rings. The Morgan fingerprint density at radius 3 is 1.24 bits per heavy atom. The number of hydrogen-bond acceptors (Lipinski definition) is 6. The molecule has 1 heterocycles. The Hall–Kier alpha value is -0.340. The first-order chi connectivity index (χ1) is 7.39. The minimum Gasteiger partial charge on any atom is -0.379 e. The fourth-order valence-corrected chi connectivity index (χ4v) is 0.655. The van der Waals surface area contributed by atoms with E-state index in [1.807, 2.05) is 0 Å². The van der Waals surface area contributed by atoms with Crippen molar-refractivity contribution < 1.29 is 39.8 Å². The molecule has 1 fully saturated rings. The molecule has 0 aromatic carbocycles. The molecule has 0 saturated carbocycles. The smallest absolute Gasteiger partial charge is 0.379 e. The summed E-state index contributed by atoms with van der Waals surface area (Å²) in [6.45, 7) is 4.02. The average Bonchev–Trinajstić information content (AvgIpc) is 1.98. The SMILES string of the molecule is CN1CCOCC1.O=S(=O)(O)O.O=S(=O)(O)O. The summed E-state index contributed by atoms with van der Waals surface area (Å²) >= 11 is 0. The summed E-state index contributed by atoms with van der Waals surface area (Å²) in [6, 6.07) is 0. The number of likely N-dealkylation sites (N-methyl/N-ethyl adjacent to an activating group) is 1. The van der Waals surface area contributed by atoms with E-state index >= 15 is 0 Å². The van der Waals surface area contributed by atoms with Crippen molar-refractivity contribution in [2.75, 3.05) is 33.4 Å². The van der Waals surface area contributed by atoms with E-state index in [1.54, 1.807) is 0 Å². The number of rotatable bonds is 0. The summed E-state index contributed by atoms with van der Waals surface area (Å²) < 4.78 is 68.3.